The molecule has 0 spiro atoms. The van der Waals surface area contributed by atoms with Crippen LogP contribution in [0.1, 0.15) is 39.3 Å². The smallest absolute Gasteiger partial charge is 0.141 e. The molecule has 0 aromatic carbocycles. The molecule has 2 atom stereocenters. The first-order valence-corrected chi connectivity index (χ1v) is 9.86. The van der Waals surface area contributed by atoms with Crippen LogP contribution in [0.3, 0.4) is 0 Å². The highest BCUT2D eigenvalue weighted by Crippen LogP contribution is 2.36. The van der Waals surface area contributed by atoms with Gasteiger partial charge in [0.05, 0.1) is 31.1 Å². The van der Waals surface area contributed by atoms with Crippen LogP contribution in [0.5, 0.6) is 0 Å². The van der Waals surface area contributed by atoms with Gasteiger partial charge in [0.25, 0.3) is 0 Å². The average Bonchev–Trinajstić information content (AvgIpc) is 3.09. The Kier molecular flexibility index (Phi) is 6.18. The monoisotopic (exact) mass is 384 g/mol. The number of hydrogen-bond donors (Lipinski definition) is 0. The molecule has 142 valence electrons. The minimum absolute atomic E-state index is 0.107. The van der Waals surface area contributed by atoms with Gasteiger partial charge in [-0.25, -0.2) is 4.98 Å². The van der Waals surface area contributed by atoms with E-state index in [1.807, 2.05) is 16.8 Å². The molecule has 2 aromatic heterocycles. The summed E-state index contributed by atoms with van der Waals surface area (Å²) in [4.78, 5) is 4.18. The summed E-state index contributed by atoms with van der Waals surface area (Å²) >= 11 is 6.43. The molecule has 3 rings (SSSR count). The van der Waals surface area contributed by atoms with E-state index in [1.54, 1.807) is 18.5 Å². The summed E-state index contributed by atoms with van der Waals surface area (Å²) < 4.78 is 8.14. The van der Waals surface area contributed by atoms with E-state index in [9.17, 15) is 0 Å². The number of rotatable bonds is 7. The van der Waals surface area contributed by atoms with Crippen LogP contribution in [-0.2, 0) is 11.3 Å². The quantitative estimate of drug-likeness (QED) is 0.671. The molecule has 0 saturated heterocycles. The Morgan fingerprint density at radius 3 is 2.78 bits per heavy atom. The second-order valence-electron chi connectivity index (χ2n) is 7.08. The van der Waals surface area contributed by atoms with Gasteiger partial charge in [-0.3, -0.25) is 4.68 Å². The Bertz CT molecular complexity index is 905. The van der Waals surface area contributed by atoms with E-state index in [1.165, 1.54) is 0 Å². The number of nitrogens with zero attached hydrogens (tertiary/aromatic N) is 4. The minimum Gasteiger partial charge on any atom is -0.497 e. The van der Waals surface area contributed by atoms with Gasteiger partial charge >= 0.3 is 0 Å². The molecule has 0 amide bonds. The highest BCUT2D eigenvalue weighted by molar-refractivity contribution is 6.30. The van der Waals surface area contributed by atoms with Gasteiger partial charge in [0, 0.05) is 22.3 Å². The summed E-state index contributed by atoms with van der Waals surface area (Å²) in [7, 11) is 0. The van der Waals surface area contributed by atoms with Crippen LogP contribution in [-0.4, -0.2) is 21.4 Å². The second-order valence-corrected chi connectivity index (χ2v) is 7.51. The number of hydrogen-bond acceptors (Lipinski definition) is 4. The Balaban J connectivity index is 1.83. The predicted octanol–water partition coefficient (Wildman–Crippen LogP) is 5.03. The van der Waals surface area contributed by atoms with Crippen LogP contribution in [0.4, 0.5) is 0 Å². The van der Waals surface area contributed by atoms with Crippen molar-refractivity contribution in [2.24, 2.45) is 17.8 Å². The van der Waals surface area contributed by atoms with E-state index < -0.39 is 0 Å². The summed E-state index contributed by atoms with van der Waals surface area (Å²) in [6, 6.07) is 3.83. The number of aromatic nitrogens is 3. The van der Waals surface area contributed by atoms with Crippen molar-refractivity contribution in [3.63, 3.8) is 0 Å². The lowest BCUT2D eigenvalue weighted by atomic mass is 9.87. The second kappa shape index (κ2) is 8.58. The lowest BCUT2D eigenvalue weighted by Crippen LogP contribution is -2.26. The van der Waals surface area contributed by atoms with Crippen molar-refractivity contribution < 1.29 is 4.74 Å². The van der Waals surface area contributed by atoms with Gasteiger partial charge in [0.15, 0.2) is 0 Å². The average molecular weight is 385 g/mol. The topological polar surface area (TPSA) is 63.7 Å². The largest absolute Gasteiger partial charge is 0.497 e. The molecule has 0 N–H and O–H groups in total. The van der Waals surface area contributed by atoms with Crippen molar-refractivity contribution in [1.82, 2.24) is 14.8 Å². The third-order valence-corrected chi connectivity index (χ3v) is 5.93. The van der Waals surface area contributed by atoms with Gasteiger partial charge in [-0.1, -0.05) is 45.2 Å². The van der Waals surface area contributed by atoms with Crippen LogP contribution in [0, 0.1) is 29.1 Å². The fourth-order valence-electron chi connectivity index (χ4n) is 3.39. The molecule has 1 aliphatic carbocycles. The zero-order valence-electron chi connectivity index (χ0n) is 16.0. The third-order valence-electron chi connectivity index (χ3n) is 5.46. The van der Waals surface area contributed by atoms with Crippen molar-refractivity contribution in [1.29, 1.82) is 5.26 Å². The zero-order chi connectivity index (χ0) is 19.4. The number of nitriles is 1. The lowest BCUT2D eigenvalue weighted by molar-refractivity contribution is 0.117. The predicted molar refractivity (Wildman–Crippen MR) is 107 cm³/mol. The molecule has 0 aliphatic heterocycles. The Labute approximate surface area is 165 Å². The van der Waals surface area contributed by atoms with Gasteiger partial charge in [-0.05, 0) is 24.1 Å². The lowest BCUT2D eigenvalue weighted by Gasteiger charge is -2.30. The number of allylic oxidation sites excluding steroid dienone is 4. The van der Waals surface area contributed by atoms with Crippen molar-refractivity contribution in [3.05, 3.63) is 47.1 Å². The van der Waals surface area contributed by atoms with Crippen molar-refractivity contribution in [2.75, 3.05) is 6.61 Å². The number of fused-ring (bicyclic) bond motifs is 1. The van der Waals surface area contributed by atoms with Gasteiger partial charge < -0.3 is 4.74 Å². The molecule has 2 aromatic rings. The van der Waals surface area contributed by atoms with E-state index in [0.29, 0.717) is 18.2 Å². The molecule has 0 radical (unpaired) electrons. The summed E-state index contributed by atoms with van der Waals surface area (Å²) in [5.74, 6) is 1.78. The normalized spacial score (nSPS) is 19.7. The maximum absolute atomic E-state index is 9.02. The molecule has 2 unspecified atom stereocenters. The molecule has 0 fully saturated rings. The van der Waals surface area contributed by atoms with E-state index in [2.05, 4.69) is 36.9 Å². The molecule has 27 heavy (non-hydrogen) atoms. The zero-order valence-corrected chi connectivity index (χ0v) is 16.8. The van der Waals surface area contributed by atoms with E-state index in [0.717, 1.165) is 41.1 Å². The SMILES string of the molecule is CCC(CC)COC1=CC=C(Cl)C(C)C1Cn1ncc2cc(C#N)ncc21. The molecule has 0 saturated carbocycles. The van der Waals surface area contributed by atoms with Crippen LogP contribution in [0.2, 0.25) is 0 Å². The van der Waals surface area contributed by atoms with Gasteiger partial charge in [-0.15, -0.1) is 0 Å². The molecule has 6 heteroatoms. The number of pyridine rings is 1. The van der Waals surface area contributed by atoms with Crippen molar-refractivity contribution in [2.45, 2.75) is 40.2 Å². The fourth-order valence-corrected chi connectivity index (χ4v) is 3.60. The first-order valence-electron chi connectivity index (χ1n) is 9.49. The van der Waals surface area contributed by atoms with Crippen molar-refractivity contribution >= 4 is 22.5 Å². The maximum Gasteiger partial charge on any atom is 0.141 e. The first kappa shape index (κ1) is 19.4. The maximum atomic E-state index is 9.02. The van der Waals surface area contributed by atoms with E-state index >= 15 is 0 Å². The fraction of sp³-hybridized carbons (Fsp3) is 0.476. The van der Waals surface area contributed by atoms with E-state index in [4.69, 9.17) is 21.6 Å². The minimum atomic E-state index is 0.107. The number of halogens is 1. The highest BCUT2D eigenvalue weighted by Gasteiger charge is 2.29. The van der Waals surface area contributed by atoms with Gasteiger partial charge in [0.1, 0.15) is 17.5 Å². The molecule has 0 bridgehead atoms. The molecule has 5 nitrogen and oxygen atoms in total. The summed E-state index contributed by atoms with van der Waals surface area (Å²) in [6.45, 7) is 7.89. The first-order chi connectivity index (χ1) is 13.1. The molecular formula is C21H25ClN4O. The highest BCUT2D eigenvalue weighted by atomic mass is 35.5. The Hall–Kier alpha value is -2.32. The summed E-state index contributed by atoms with van der Waals surface area (Å²) in [6.07, 6.45) is 9.63. The Morgan fingerprint density at radius 2 is 2.07 bits per heavy atom. The van der Waals surface area contributed by atoms with Crippen LogP contribution < -0.4 is 0 Å². The molecule has 2 heterocycles. The molecular weight excluding hydrogens is 360 g/mol. The Morgan fingerprint density at radius 1 is 1.30 bits per heavy atom. The van der Waals surface area contributed by atoms with Gasteiger partial charge in [0.2, 0.25) is 0 Å². The van der Waals surface area contributed by atoms with E-state index in [-0.39, 0.29) is 11.8 Å². The van der Waals surface area contributed by atoms with Gasteiger partial charge in [-0.2, -0.15) is 10.4 Å². The van der Waals surface area contributed by atoms with Crippen LogP contribution in [0.15, 0.2) is 41.4 Å². The summed E-state index contributed by atoms with van der Waals surface area (Å²) in [5, 5.41) is 15.3. The van der Waals surface area contributed by atoms with Crippen LogP contribution >= 0.6 is 11.6 Å². The standard InChI is InChI=1S/C21H25ClN4O/c1-4-15(5-2)13-27-21-7-6-19(22)14(3)18(21)12-26-20-11-24-17(9-23)8-16(20)10-25-26/h6-8,10-11,14-15,18H,4-5,12-13H2,1-3H3. The number of ether oxygens (including phenoxy) is 1. The summed E-state index contributed by atoms with van der Waals surface area (Å²) in [5.41, 5.74) is 1.30. The van der Waals surface area contributed by atoms with Crippen molar-refractivity contribution in [3.8, 4) is 6.07 Å². The third kappa shape index (κ3) is 4.17. The van der Waals surface area contributed by atoms with Crippen LogP contribution in [0.25, 0.3) is 10.9 Å². The molecule has 1 aliphatic rings.